The van der Waals surface area contributed by atoms with Gasteiger partial charge in [-0.25, -0.2) is 4.98 Å². The van der Waals surface area contributed by atoms with Gasteiger partial charge in [0, 0.05) is 17.5 Å². The Morgan fingerprint density at radius 2 is 2.10 bits per heavy atom. The van der Waals surface area contributed by atoms with Crippen molar-refractivity contribution in [3.63, 3.8) is 0 Å². The summed E-state index contributed by atoms with van der Waals surface area (Å²) in [5.41, 5.74) is 6.21. The molecule has 2 aromatic rings. The van der Waals surface area contributed by atoms with Gasteiger partial charge in [-0.15, -0.1) is 0 Å². The summed E-state index contributed by atoms with van der Waals surface area (Å²) >= 11 is 0. The highest BCUT2D eigenvalue weighted by atomic mass is 16.6. The maximum absolute atomic E-state index is 10.9. The summed E-state index contributed by atoms with van der Waals surface area (Å²) in [5.74, 6) is 1.78. The average molecular weight is 273 g/mol. The number of nitro groups is 1. The number of anilines is 1. The van der Waals surface area contributed by atoms with E-state index in [-0.39, 0.29) is 11.4 Å². The second kappa shape index (κ2) is 4.92. The predicted molar refractivity (Wildman–Crippen MR) is 74.1 cm³/mol. The summed E-state index contributed by atoms with van der Waals surface area (Å²) in [7, 11) is 0. The van der Waals surface area contributed by atoms with Gasteiger partial charge in [0.15, 0.2) is 5.82 Å². The summed E-state index contributed by atoms with van der Waals surface area (Å²) in [6.07, 6.45) is 4.68. The summed E-state index contributed by atoms with van der Waals surface area (Å²) < 4.78 is 0. The fourth-order valence-electron chi connectivity index (χ4n) is 2.63. The number of hydrogen-bond acceptors (Lipinski definition) is 5. The zero-order valence-electron chi connectivity index (χ0n) is 10.9. The minimum Gasteiger partial charge on any atom is -0.393 e. The molecule has 0 saturated heterocycles. The molecule has 0 unspecified atom stereocenters. The van der Waals surface area contributed by atoms with E-state index in [0.717, 1.165) is 18.7 Å². The van der Waals surface area contributed by atoms with Crippen LogP contribution in [0.5, 0.6) is 0 Å². The monoisotopic (exact) mass is 273 g/mol. The number of nitrogen functional groups attached to an aromatic ring is 1. The zero-order chi connectivity index (χ0) is 14.1. The number of nitrogens with one attached hydrogen (secondary N) is 1. The Morgan fingerprint density at radius 1 is 1.35 bits per heavy atom. The van der Waals surface area contributed by atoms with Crippen LogP contribution in [0, 0.1) is 10.1 Å². The summed E-state index contributed by atoms with van der Waals surface area (Å²) in [6, 6.07) is 4.62. The molecule has 0 amide bonds. The van der Waals surface area contributed by atoms with Gasteiger partial charge in [0.2, 0.25) is 0 Å². The highest BCUT2D eigenvalue weighted by Gasteiger charge is 2.21. The van der Waals surface area contributed by atoms with Crippen LogP contribution in [0.25, 0.3) is 11.4 Å². The van der Waals surface area contributed by atoms with Crippen molar-refractivity contribution in [2.24, 2.45) is 0 Å². The number of benzene rings is 1. The Balaban J connectivity index is 1.93. The SMILES string of the molecule is Nc1ccc(-c2n[nH]c(C3CCCC3)n2)cc1[N+](=O)[O-]. The van der Waals surface area contributed by atoms with E-state index in [1.807, 2.05) is 0 Å². The lowest BCUT2D eigenvalue weighted by Gasteiger charge is -2.02. The first kappa shape index (κ1) is 12.6. The van der Waals surface area contributed by atoms with Crippen LogP contribution in [0.3, 0.4) is 0 Å². The maximum atomic E-state index is 10.9. The first-order valence-electron chi connectivity index (χ1n) is 6.62. The first-order valence-corrected chi connectivity index (χ1v) is 6.62. The number of H-pyrrole nitrogens is 1. The molecule has 1 aromatic carbocycles. The minimum atomic E-state index is -0.497. The lowest BCUT2D eigenvalue weighted by Crippen LogP contribution is -1.96. The molecule has 0 spiro atoms. The molecule has 7 heteroatoms. The topological polar surface area (TPSA) is 111 Å². The van der Waals surface area contributed by atoms with E-state index in [9.17, 15) is 10.1 Å². The van der Waals surface area contributed by atoms with E-state index in [4.69, 9.17) is 5.73 Å². The van der Waals surface area contributed by atoms with Gasteiger partial charge in [-0.3, -0.25) is 15.2 Å². The Hall–Kier alpha value is -2.44. The molecule has 104 valence electrons. The van der Waals surface area contributed by atoms with Gasteiger partial charge in [0.05, 0.1) is 4.92 Å². The third kappa shape index (κ3) is 2.22. The number of aromatic amines is 1. The van der Waals surface area contributed by atoms with E-state index in [1.165, 1.54) is 25.0 Å². The van der Waals surface area contributed by atoms with E-state index < -0.39 is 4.92 Å². The Bertz CT molecular complexity index is 646. The molecule has 3 N–H and O–H groups in total. The highest BCUT2D eigenvalue weighted by Crippen LogP contribution is 2.33. The van der Waals surface area contributed by atoms with Crippen molar-refractivity contribution in [3.8, 4) is 11.4 Å². The van der Waals surface area contributed by atoms with Gasteiger partial charge >= 0.3 is 0 Å². The molecule has 0 aliphatic heterocycles. The van der Waals surface area contributed by atoms with Crippen molar-refractivity contribution >= 4 is 11.4 Å². The van der Waals surface area contributed by atoms with E-state index in [1.54, 1.807) is 6.07 Å². The van der Waals surface area contributed by atoms with Gasteiger partial charge < -0.3 is 5.73 Å². The molecular weight excluding hydrogens is 258 g/mol. The second-order valence-electron chi connectivity index (χ2n) is 5.06. The molecule has 1 aliphatic carbocycles. The Labute approximate surface area is 115 Å². The summed E-state index contributed by atoms with van der Waals surface area (Å²) in [5, 5.41) is 18.0. The van der Waals surface area contributed by atoms with Gasteiger partial charge in [0.25, 0.3) is 5.69 Å². The Kier molecular flexibility index (Phi) is 3.09. The number of nitrogens with zero attached hydrogens (tertiary/aromatic N) is 3. The van der Waals surface area contributed by atoms with Crippen molar-refractivity contribution in [2.75, 3.05) is 5.73 Å². The van der Waals surface area contributed by atoms with Crippen LogP contribution in [-0.2, 0) is 0 Å². The summed E-state index contributed by atoms with van der Waals surface area (Å²) in [4.78, 5) is 14.9. The molecule has 1 saturated carbocycles. The molecule has 1 aliphatic rings. The largest absolute Gasteiger partial charge is 0.393 e. The lowest BCUT2D eigenvalue weighted by atomic mass is 10.1. The van der Waals surface area contributed by atoms with Crippen molar-refractivity contribution < 1.29 is 4.92 Å². The van der Waals surface area contributed by atoms with Crippen LogP contribution in [0.15, 0.2) is 18.2 Å². The van der Waals surface area contributed by atoms with Crippen molar-refractivity contribution in [1.82, 2.24) is 15.2 Å². The minimum absolute atomic E-state index is 0.116. The van der Waals surface area contributed by atoms with E-state index in [0.29, 0.717) is 17.3 Å². The fourth-order valence-corrected chi connectivity index (χ4v) is 2.63. The third-order valence-electron chi connectivity index (χ3n) is 3.73. The molecule has 1 fully saturated rings. The zero-order valence-corrected chi connectivity index (χ0v) is 10.9. The molecule has 0 radical (unpaired) electrons. The second-order valence-corrected chi connectivity index (χ2v) is 5.06. The van der Waals surface area contributed by atoms with Crippen LogP contribution in [0.4, 0.5) is 11.4 Å². The van der Waals surface area contributed by atoms with Crippen LogP contribution in [0.2, 0.25) is 0 Å². The maximum Gasteiger partial charge on any atom is 0.292 e. The van der Waals surface area contributed by atoms with Gasteiger partial charge in [-0.2, -0.15) is 5.10 Å². The van der Waals surface area contributed by atoms with Crippen molar-refractivity contribution in [1.29, 1.82) is 0 Å². The quantitative estimate of drug-likeness (QED) is 0.507. The first-order chi connectivity index (χ1) is 9.65. The highest BCUT2D eigenvalue weighted by molar-refractivity contribution is 5.68. The molecule has 20 heavy (non-hydrogen) atoms. The predicted octanol–water partition coefficient (Wildman–Crippen LogP) is 2.62. The average Bonchev–Trinajstić information content (AvgIpc) is 3.09. The van der Waals surface area contributed by atoms with Gasteiger partial charge in [0.1, 0.15) is 11.5 Å². The van der Waals surface area contributed by atoms with Crippen LogP contribution < -0.4 is 5.73 Å². The van der Waals surface area contributed by atoms with Crippen molar-refractivity contribution in [2.45, 2.75) is 31.6 Å². The van der Waals surface area contributed by atoms with Crippen LogP contribution >= 0.6 is 0 Å². The molecule has 0 atom stereocenters. The molecular formula is C13H15N5O2. The number of aromatic nitrogens is 3. The van der Waals surface area contributed by atoms with E-state index in [2.05, 4.69) is 15.2 Å². The Morgan fingerprint density at radius 3 is 2.80 bits per heavy atom. The smallest absolute Gasteiger partial charge is 0.292 e. The number of nitro benzene ring substituents is 1. The number of rotatable bonds is 3. The molecule has 0 bridgehead atoms. The standard InChI is InChI=1S/C13H15N5O2/c14-10-6-5-9(7-11(10)18(19)20)13-15-12(16-17-13)8-3-1-2-4-8/h5-8H,1-4,14H2,(H,15,16,17). The van der Waals surface area contributed by atoms with Crippen molar-refractivity contribution in [3.05, 3.63) is 34.1 Å². The summed E-state index contributed by atoms with van der Waals surface area (Å²) in [6.45, 7) is 0. The van der Waals surface area contributed by atoms with Crippen LogP contribution in [-0.4, -0.2) is 20.1 Å². The normalized spacial score (nSPS) is 15.6. The van der Waals surface area contributed by atoms with Crippen LogP contribution in [0.1, 0.15) is 37.4 Å². The molecule has 1 heterocycles. The fraction of sp³-hybridized carbons (Fsp3) is 0.385. The molecule has 7 nitrogen and oxygen atoms in total. The third-order valence-corrected chi connectivity index (χ3v) is 3.73. The molecule has 1 aromatic heterocycles. The van der Waals surface area contributed by atoms with Gasteiger partial charge in [-0.05, 0) is 25.0 Å². The van der Waals surface area contributed by atoms with Gasteiger partial charge in [-0.1, -0.05) is 12.8 Å². The number of nitrogens with two attached hydrogens (primary N) is 1. The number of hydrogen-bond donors (Lipinski definition) is 2. The molecule has 3 rings (SSSR count). The van der Waals surface area contributed by atoms with E-state index >= 15 is 0 Å². The lowest BCUT2D eigenvalue weighted by molar-refractivity contribution is -0.383.